The molecule has 1 rings (SSSR count). The minimum Gasteiger partial charge on any atom is -0.466 e. The van der Waals surface area contributed by atoms with Crippen LogP contribution in [0.3, 0.4) is 0 Å². The molecule has 0 aromatic rings. The molecule has 8 heteroatoms. The van der Waals surface area contributed by atoms with Gasteiger partial charge in [0.2, 0.25) is 5.29 Å². The number of hydrogen-bond donors (Lipinski definition) is 0. The lowest BCUT2D eigenvalue weighted by atomic mass is 10.3. The molecule has 0 aromatic carbocycles. The van der Waals surface area contributed by atoms with Gasteiger partial charge in [-0.2, -0.15) is 13.4 Å². The highest BCUT2D eigenvalue weighted by atomic mass is 35.5. The zero-order valence-electron chi connectivity index (χ0n) is 8.47. The maximum atomic E-state index is 11.6. The molecule has 0 bridgehead atoms. The second kappa shape index (κ2) is 4.80. The molecular weight excluding hydrogens is 242 g/mol. The van der Waals surface area contributed by atoms with Crippen LogP contribution in [0, 0.1) is 0 Å². The molecule has 0 atom stereocenters. The van der Waals surface area contributed by atoms with Crippen LogP contribution in [-0.4, -0.2) is 37.7 Å². The van der Waals surface area contributed by atoms with Crippen molar-refractivity contribution in [2.24, 2.45) is 9.39 Å². The summed E-state index contributed by atoms with van der Waals surface area (Å²) in [4.78, 5) is 3.69. The second-order valence-electron chi connectivity index (χ2n) is 2.86. The molecule has 0 radical (unpaired) electrons. The van der Waals surface area contributed by atoms with Crippen LogP contribution in [0.4, 0.5) is 0 Å². The van der Waals surface area contributed by atoms with Crippen molar-refractivity contribution in [1.82, 2.24) is 4.31 Å². The van der Waals surface area contributed by atoms with E-state index in [2.05, 4.69) is 14.1 Å². The lowest BCUT2D eigenvalue weighted by molar-refractivity contribution is 0.394. The minimum atomic E-state index is -3.77. The van der Waals surface area contributed by atoms with Crippen LogP contribution >= 0.6 is 11.6 Å². The second-order valence-corrected chi connectivity index (χ2v) is 4.72. The van der Waals surface area contributed by atoms with E-state index in [0.717, 1.165) is 10.7 Å². The van der Waals surface area contributed by atoms with Crippen molar-refractivity contribution in [3.05, 3.63) is 0 Å². The summed E-state index contributed by atoms with van der Waals surface area (Å²) < 4.78 is 32.0. The zero-order chi connectivity index (χ0) is 11.5. The van der Waals surface area contributed by atoms with Crippen molar-refractivity contribution in [2.75, 3.05) is 13.7 Å². The molecule has 1 aliphatic heterocycles. The van der Waals surface area contributed by atoms with E-state index in [0.29, 0.717) is 6.42 Å². The van der Waals surface area contributed by atoms with Gasteiger partial charge in [0.05, 0.1) is 7.11 Å². The third-order valence-corrected chi connectivity index (χ3v) is 3.45. The van der Waals surface area contributed by atoms with Crippen LogP contribution in [0.25, 0.3) is 0 Å². The predicted octanol–water partition coefficient (Wildman–Crippen LogP) is 0.944. The van der Waals surface area contributed by atoms with Gasteiger partial charge in [0.15, 0.2) is 0 Å². The summed E-state index contributed by atoms with van der Waals surface area (Å²) >= 11 is 5.71. The summed E-state index contributed by atoms with van der Waals surface area (Å²) in [6, 6.07) is -0.243. The van der Waals surface area contributed by atoms with Crippen LogP contribution in [0.2, 0.25) is 0 Å². The van der Waals surface area contributed by atoms with Crippen LogP contribution in [-0.2, 0) is 14.9 Å². The van der Waals surface area contributed by atoms with Gasteiger partial charge >= 0.3 is 16.2 Å². The maximum Gasteiger partial charge on any atom is 0.351 e. The molecule has 6 nitrogen and oxygen atoms in total. The van der Waals surface area contributed by atoms with Crippen molar-refractivity contribution in [2.45, 2.75) is 19.8 Å². The lowest BCUT2D eigenvalue weighted by Crippen LogP contribution is -2.37. The van der Waals surface area contributed by atoms with E-state index in [1.165, 1.54) is 7.11 Å². The third-order valence-electron chi connectivity index (χ3n) is 1.76. The number of unbranched alkanes of at least 4 members (excludes halogenated alkanes) is 1. The Morgan fingerprint density at radius 3 is 2.67 bits per heavy atom. The quantitative estimate of drug-likeness (QED) is 0.703. The third kappa shape index (κ3) is 2.82. The SMILES string of the molecule is CCCCN1C(Cl)=NC(OC)=NS1(=O)=O. The molecule has 86 valence electrons. The summed E-state index contributed by atoms with van der Waals surface area (Å²) in [5, 5.41) is -0.129. The summed E-state index contributed by atoms with van der Waals surface area (Å²) in [6.07, 6.45) is 1.56. The van der Waals surface area contributed by atoms with E-state index in [1.54, 1.807) is 0 Å². The molecule has 0 spiro atoms. The molecule has 0 aromatic heterocycles. The largest absolute Gasteiger partial charge is 0.466 e. The van der Waals surface area contributed by atoms with E-state index in [-0.39, 0.29) is 17.9 Å². The molecule has 0 aliphatic carbocycles. The highest BCUT2D eigenvalue weighted by molar-refractivity contribution is 7.88. The van der Waals surface area contributed by atoms with Crippen molar-refractivity contribution in [3.8, 4) is 0 Å². The molecule has 0 amide bonds. The number of aliphatic imine (C=N–C) groups is 1. The number of methoxy groups -OCH3 is 1. The first kappa shape index (κ1) is 12.3. The van der Waals surface area contributed by atoms with Crippen molar-refractivity contribution in [3.63, 3.8) is 0 Å². The van der Waals surface area contributed by atoms with Gasteiger partial charge in [-0.15, -0.1) is 0 Å². The fourth-order valence-electron chi connectivity index (χ4n) is 0.991. The van der Waals surface area contributed by atoms with Gasteiger partial charge < -0.3 is 4.74 Å². The van der Waals surface area contributed by atoms with E-state index in [1.807, 2.05) is 6.92 Å². The van der Waals surface area contributed by atoms with Crippen LogP contribution < -0.4 is 0 Å². The van der Waals surface area contributed by atoms with Gasteiger partial charge in [0, 0.05) is 6.54 Å². The Hall–Kier alpha value is -0.820. The fraction of sp³-hybridized carbons (Fsp3) is 0.714. The van der Waals surface area contributed by atoms with Gasteiger partial charge in [-0.1, -0.05) is 17.7 Å². The Balaban J connectivity index is 2.93. The number of hydrogen-bond acceptors (Lipinski definition) is 4. The van der Waals surface area contributed by atoms with Gasteiger partial charge in [0.25, 0.3) is 0 Å². The molecule has 0 saturated heterocycles. The van der Waals surface area contributed by atoms with Crippen LogP contribution in [0.15, 0.2) is 9.39 Å². The molecule has 15 heavy (non-hydrogen) atoms. The fourth-order valence-corrected chi connectivity index (χ4v) is 2.41. The first-order valence-electron chi connectivity index (χ1n) is 4.42. The van der Waals surface area contributed by atoms with Crippen molar-refractivity contribution >= 4 is 33.1 Å². The maximum absolute atomic E-state index is 11.6. The molecular formula is C7H12ClN3O3S. The van der Waals surface area contributed by atoms with Gasteiger partial charge in [-0.25, -0.2) is 4.31 Å². The first-order chi connectivity index (χ1) is 7.01. The Kier molecular flexibility index (Phi) is 3.92. The standard InChI is InChI=1S/C7H12ClN3O3S/c1-3-4-5-11-6(8)9-7(14-2)10-15(11,12)13/h3-5H2,1-2H3. The number of nitrogens with zero attached hydrogens (tertiary/aromatic N) is 3. The summed E-state index contributed by atoms with van der Waals surface area (Å²) in [5.74, 6) is 0. The Morgan fingerprint density at radius 2 is 2.20 bits per heavy atom. The highest BCUT2D eigenvalue weighted by Gasteiger charge is 2.29. The lowest BCUT2D eigenvalue weighted by Gasteiger charge is -2.22. The molecule has 0 unspecified atom stereocenters. The van der Waals surface area contributed by atoms with Gasteiger partial charge in [0.1, 0.15) is 0 Å². The number of rotatable bonds is 3. The monoisotopic (exact) mass is 253 g/mol. The van der Waals surface area contributed by atoms with E-state index in [4.69, 9.17) is 11.6 Å². The van der Waals surface area contributed by atoms with Crippen molar-refractivity contribution in [1.29, 1.82) is 0 Å². The molecule has 1 heterocycles. The van der Waals surface area contributed by atoms with Crippen LogP contribution in [0.5, 0.6) is 0 Å². The minimum absolute atomic E-state index is 0.129. The Bertz CT molecular complexity index is 390. The van der Waals surface area contributed by atoms with Gasteiger partial charge in [-0.05, 0) is 18.0 Å². The average Bonchev–Trinajstić information content (AvgIpc) is 2.15. The Morgan fingerprint density at radius 1 is 1.53 bits per heavy atom. The molecule has 0 saturated carbocycles. The highest BCUT2D eigenvalue weighted by Crippen LogP contribution is 2.15. The zero-order valence-corrected chi connectivity index (χ0v) is 10.0. The first-order valence-corrected chi connectivity index (χ1v) is 6.19. The van der Waals surface area contributed by atoms with E-state index < -0.39 is 10.2 Å². The number of ether oxygens (including phenoxy) is 1. The summed E-state index contributed by atoms with van der Waals surface area (Å²) in [5.41, 5.74) is 0. The Labute approximate surface area is 93.8 Å². The topological polar surface area (TPSA) is 71.3 Å². The van der Waals surface area contributed by atoms with E-state index >= 15 is 0 Å². The molecule has 0 fully saturated rings. The molecule has 1 aliphatic rings. The smallest absolute Gasteiger partial charge is 0.351 e. The summed E-state index contributed by atoms with van der Waals surface area (Å²) in [6.45, 7) is 2.23. The molecule has 0 N–H and O–H groups in total. The normalized spacial score (nSPS) is 19.5. The van der Waals surface area contributed by atoms with Gasteiger partial charge in [-0.3, -0.25) is 0 Å². The van der Waals surface area contributed by atoms with E-state index in [9.17, 15) is 8.42 Å². The average molecular weight is 254 g/mol. The number of amidine groups is 2. The number of halogens is 1. The van der Waals surface area contributed by atoms with Crippen LogP contribution in [0.1, 0.15) is 19.8 Å². The van der Waals surface area contributed by atoms with Crippen molar-refractivity contribution < 1.29 is 13.2 Å². The predicted molar refractivity (Wildman–Crippen MR) is 58.3 cm³/mol. The summed E-state index contributed by atoms with van der Waals surface area (Å²) in [7, 11) is -2.49.